The molecule has 7 rings (SSSR count). The van der Waals surface area contributed by atoms with Crippen LogP contribution in [0.25, 0.3) is 61.7 Å². The number of benzene rings is 2. The van der Waals surface area contributed by atoms with Gasteiger partial charge >= 0.3 is 0 Å². The van der Waals surface area contributed by atoms with Crippen LogP contribution in [0, 0.1) is 0 Å². The third-order valence-electron chi connectivity index (χ3n) is 5.50. The topological polar surface area (TPSA) is 59.9 Å². The molecule has 0 aliphatic rings. The molecule has 0 unspecified atom stereocenters. The number of hydrogen-bond acceptors (Lipinski definition) is 7. The number of nitrogens with zero attached hydrogens (tertiary/aromatic N) is 2. The standard InChI is InChI=1S/C24H10N2O2S3/c27-17-13-14-18(28)16-22(31-24(26-16)12-9-5-2-6-10-12)20(14)29-19(13)21-15(17)25-23(30-21)11-7-3-1-4-8-11/h1-10H. The van der Waals surface area contributed by atoms with E-state index >= 15 is 0 Å². The van der Waals surface area contributed by atoms with E-state index in [4.69, 9.17) is 0 Å². The van der Waals surface area contributed by atoms with Gasteiger partial charge in [-0.05, 0) is 0 Å². The third kappa shape index (κ3) is 2.28. The molecule has 4 nitrogen and oxygen atoms in total. The first kappa shape index (κ1) is 17.4. The molecular formula is C24H10N2O2S3. The summed E-state index contributed by atoms with van der Waals surface area (Å²) in [5.74, 6) is 0. The van der Waals surface area contributed by atoms with E-state index in [9.17, 15) is 9.59 Å². The summed E-state index contributed by atoms with van der Waals surface area (Å²) >= 11 is 4.56. The summed E-state index contributed by atoms with van der Waals surface area (Å²) in [6.07, 6.45) is 0. The minimum Gasteiger partial charge on any atom is -0.287 e. The second kappa shape index (κ2) is 6.13. The minimum absolute atomic E-state index is 0.146. The average molecular weight is 455 g/mol. The molecule has 4 aromatic carbocycles. The molecule has 0 atom stereocenters. The summed E-state index contributed by atoms with van der Waals surface area (Å²) < 4.78 is 3.50. The van der Waals surface area contributed by atoms with Crippen LogP contribution < -0.4 is 10.9 Å². The highest BCUT2D eigenvalue weighted by Gasteiger charge is 2.26. The average Bonchev–Trinajstić information content (AvgIpc) is 3.58. The Bertz CT molecular complexity index is 1730. The second-order valence-electron chi connectivity index (χ2n) is 7.29. The van der Waals surface area contributed by atoms with Gasteiger partial charge in [0, 0.05) is 11.1 Å². The summed E-state index contributed by atoms with van der Waals surface area (Å²) in [6, 6.07) is 19.7. The Labute approximate surface area is 186 Å². The molecule has 3 heterocycles. The zero-order chi connectivity index (χ0) is 20.7. The van der Waals surface area contributed by atoms with Crippen LogP contribution in [-0.4, -0.2) is 9.97 Å². The van der Waals surface area contributed by atoms with Crippen molar-refractivity contribution in [2.24, 2.45) is 0 Å². The number of thiophene rings is 1. The lowest BCUT2D eigenvalue weighted by atomic mass is 10.2. The van der Waals surface area contributed by atoms with Gasteiger partial charge in [-0.2, -0.15) is 0 Å². The monoisotopic (exact) mass is 454 g/mol. The van der Waals surface area contributed by atoms with E-state index in [0.29, 0.717) is 21.8 Å². The number of rotatable bonds is 2. The number of aromatic nitrogens is 2. The van der Waals surface area contributed by atoms with E-state index in [1.54, 1.807) is 0 Å². The van der Waals surface area contributed by atoms with Gasteiger partial charge in [0.2, 0.25) is 10.9 Å². The van der Waals surface area contributed by atoms with Crippen molar-refractivity contribution in [2.75, 3.05) is 0 Å². The highest BCUT2D eigenvalue weighted by atomic mass is 32.1. The van der Waals surface area contributed by atoms with Crippen LogP contribution in [0.5, 0.6) is 0 Å². The lowest BCUT2D eigenvalue weighted by Gasteiger charge is -1.92. The van der Waals surface area contributed by atoms with Crippen molar-refractivity contribution in [3.8, 4) is 21.1 Å². The summed E-state index contributed by atoms with van der Waals surface area (Å²) in [4.78, 5) is 35.7. The summed E-state index contributed by atoms with van der Waals surface area (Å²) in [7, 11) is 0. The fourth-order valence-electron chi connectivity index (χ4n) is 4.09. The van der Waals surface area contributed by atoms with Crippen LogP contribution in [0.2, 0.25) is 0 Å². The van der Waals surface area contributed by atoms with Crippen LogP contribution in [0.4, 0.5) is 0 Å². The molecule has 3 aromatic heterocycles. The predicted molar refractivity (Wildman–Crippen MR) is 131 cm³/mol. The lowest BCUT2D eigenvalue weighted by molar-refractivity contribution is 1.47. The summed E-state index contributed by atoms with van der Waals surface area (Å²) in [5, 5.41) is 2.69. The van der Waals surface area contributed by atoms with Gasteiger partial charge in [-0.1, -0.05) is 60.7 Å². The van der Waals surface area contributed by atoms with Gasteiger partial charge in [0.25, 0.3) is 0 Å². The maximum absolute atomic E-state index is 13.2. The van der Waals surface area contributed by atoms with E-state index in [0.717, 1.165) is 39.9 Å². The summed E-state index contributed by atoms with van der Waals surface area (Å²) in [6.45, 7) is 0. The number of hydrogen-bond donors (Lipinski definition) is 0. The predicted octanol–water partition coefficient (Wildman–Crippen LogP) is 6.20. The Kier molecular flexibility index (Phi) is 3.45. The van der Waals surface area contributed by atoms with E-state index in [2.05, 4.69) is 9.97 Å². The lowest BCUT2D eigenvalue weighted by Crippen LogP contribution is -2.00. The molecule has 0 aliphatic heterocycles. The van der Waals surface area contributed by atoms with Crippen LogP contribution >= 0.6 is 34.0 Å². The molecule has 0 N–H and O–H groups in total. The van der Waals surface area contributed by atoms with Gasteiger partial charge in [-0.15, -0.1) is 34.0 Å². The molecular weight excluding hydrogens is 444 g/mol. The third-order valence-corrected chi connectivity index (χ3v) is 9.23. The first-order valence-electron chi connectivity index (χ1n) is 9.60. The fourth-order valence-corrected chi connectivity index (χ4v) is 7.79. The second-order valence-corrected chi connectivity index (χ2v) is 10.3. The zero-order valence-electron chi connectivity index (χ0n) is 15.7. The van der Waals surface area contributed by atoms with Crippen LogP contribution in [-0.2, 0) is 0 Å². The molecule has 0 saturated carbocycles. The first-order valence-corrected chi connectivity index (χ1v) is 12.0. The van der Waals surface area contributed by atoms with Gasteiger partial charge in [-0.25, -0.2) is 9.97 Å². The highest BCUT2D eigenvalue weighted by molar-refractivity contribution is 7.35. The fraction of sp³-hybridized carbons (Fsp3) is 0. The zero-order valence-corrected chi connectivity index (χ0v) is 18.2. The molecule has 0 spiro atoms. The Morgan fingerprint density at radius 2 is 0.935 bits per heavy atom. The van der Waals surface area contributed by atoms with Crippen molar-refractivity contribution in [3.63, 3.8) is 0 Å². The van der Waals surface area contributed by atoms with E-state index in [1.165, 1.54) is 34.0 Å². The molecule has 0 aliphatic carbocycles. The minimum atomic E-state index is -0.146. The van der Waals surface area contributed by atoms with Gasteiger partial charge in [0.05, 0.1) is 29.6 Å². The molecule has 31 heavy (non-hydrogen) atoms. The van der Waals surface area contributed by atoms with Crippen molar-refractivity contribution in [1.82, 2.24) is 9.97 Å². The number of thiazole rings is 2. The van der Waals surface area contributed by atoms with Crippen molar-refractivity contribution >= 4 is 74.6 Å². The maximum atomic E-state index is 13.2. The molecule has 7 heteroatoms. The van der Waals surface area contributed by atoms with Crippen LogP contribution in [0.1, 0.15) is 0 Å². The largest absolute Gasteiger partial charge is 0.287 e. The quantitative estimate of drug-likeness (QED) is 0.312. The normalized spacial score (nSPS) is 12.1. The van der Waals surface area contributed by atoms with E-state index in [1.807, 2.05) is 60.7 Å². The van der Waals surface area contributed by atoms with Gasteiger partial charge in [-0.3, -0.25) is 9.59 Å². The Balaban J connectivity index is 1.53. The Hall–Kier alpha value is -3.26. The molecule has 0 fully saturated rings. The van der Waals surface area contributed by atoms with E-state index < -0.39 is 0 Å². The number of fused-ring (bicyclic) bond motifs is 7. The molecule has 0 saturated heterocycles. The van der Waals surface area contributed by atoms with Gasteiger partial charge < -0.3 is 0 Å². The van der Waals surface area contributed by atoms with Crippen LogP contribution in [0.3, 0.4) is 0 Å². The van der Waals surface area contributed by atoms with Crippen LogP contribution in [0.15, 0.2) is 70.3 Å². The van der Waals surface area contributed by atoms with Gasteiger partial charge in [0.15, 0.2) is 0 Å². The van der Waals surface area contributed by atoms with Crippen molar-refractivity contribution < 1.29 is 0 Å². The van der Waals surface area contributed by atoms with Crippen molar-refractivity contribution in [3.05, 3.63) is 81.1 Å². The Morgan fingerprint density at radius 3 is 1.35 bits per heavy atom. The summed E-state index contributed by atoms with van der Waals surface area (Å²) in [5.41, 5.74) is 2.63. The molecule has 0 amide bonds. The molecule has 0 radical (unpaired) electrons. The molecule has 146 valence electrons. The van der Waals surface area contributed by atoms with E-state index in [-0.39, 0.29) is 10.9 Å². The highest BCUT2D eigenvalue weighted by Crippen LogP contribution is 2.45. The van der Waals surface area contributed by atoms with Gasteiger partial charge in [0.1, 0.15) is 21.0 Å². The SMILES string of the molecule is O=c1c2nc(-c3ccccc3)sc2c2sc3c4sc(-c5ccccc5)nc4c(=O)c3c12. The molecule has 7 aromatic rings. The smallest absolute Gasteiger partial charge is 0.215 e. The molecule has 0 bridgehead atoms. The van der Waals surface area contributed by atoms with Crippen molar-refractivity contribution in [2.45, 2.75) is 0 Å². The Morgan fingerprint density at radius 1 is 0.516 bits per heavy atom. The first-order chi connectivity index (χ1) is 15.2. The van der Waals surface area contributed by atoms with Crippen molar-refractivity contribution in [1.29, 1.82) is 0 Å². The maximum Gasteiger partial charge on any atom is 0.215 e.